The highest BCUT2D eigenvalue weighted by Gasteiger charge is 2.34. The zero-order valence-electron chi connectivity index (χ0n) is 21.0. The van der Waals surface area contributed by atoms with Gasteiger partial charge in [0, 0.05) is 4.70 Å². The van der Waals surface area contributed by atoms with Gasteiger partial charge in [-0.1, -0.05) is 24.3 Å². The van der Waals surface area contributed by atoms with Gasteiger partial charge < -0.3 is 14.6 Å². The molecule has 2 aromatic carbocycles. The number of ether oxygens (including phenoxy) is 2. The van der Waals surface area contributed by atoms with E-state index in [1.807, 2.05) is 32.0 Å². The van der Waals surface area contributed by atoms with Gasteiger partial charge in [0.15, 0.2) is 0 Å². The van der Waals surface area contributed by atoms with Crippen LogP contribution in [-0.2, 0) is 4.74 Å². The number of thiophene rings is 1. The van der Waals surface area contributed by atoms with Crippen molar-refractivity contribution in [2.75, 3.05) is 6.61 Å². The van der Waals surface area contributed by atoms with E-state index in [-0.39, 0.29) is 11.5 Å². The second-order valence-corrected chi connectivity index (χ2v) is 11.2. The number of pyridine rings is 1. The molecule has 37 heavy (non-hydrogen) atoms. The number of carboxylic acids is 1. The van der Waals surface area contributed by atoms with Gasteiger partial charge in [-0.2, -0.15) is 8.78 Å². The lowest BCUT2D eigenvalue weighted by atomic mass is 9.80. The maximum Gasteiger partial charge on any atom is 0.345 e. The minimum absolute atomic E-state index is 0.150. The van der Waals surface area contributed by atoms with E-state index in [0.29, 0.717) is 54.6 Å². The summed E-state index contributed by atoms with van der Waals surface area (Å²) in [5.74, 6) is -0.393. The average molecular weight is 526 g/mol. The summed E-state index contributed by atoms with van der Waals surface area (Å²) < 4.78 is 37.6. The van der Waals surface area contributed by atoms with Crippen LogP contribution in [0.25, 0.3) is 31.6 Å². The molecule has 0 unspecified atom stereocenters. The molecule has 2 aromatic heterocycles. The first-order valence-corrected chi connectivity index (χ1v) is 13.2. The highest BCUT2D eigenvalue weighted by Crippen LogP contribution is 2.41. The molecule has 194 valence electrons. The molecule has 1 aliphatic rings. The van der Waals surface area contributed by atoms with Crippen molar-refractivity contribution in [3.63, 3.8) is 0 Å². The topological polar surface area (TPSA) is 68.7 Å². The van der Waals surface area contributed by atoms with Crippen molar-refractivity contribution in [1.29, 1.82) is 0 Å². The molecule has 4 aromatic rings. The van der Waals surface area contributed by atoms with E-state index in [1.54, 1.807) is 30.4 Å². The van der Waals surface area contributed by atoms with Crippen LogP contribution in [-0.4, -0.2) is 34.9 Å². The van der Waals surface area contributed by atoms with Gasteiger partial charge in [-0.25, -0.2) is 9.78 Å². The number of carboxylic acid groups (broad SMARTS) is 1. The van der Waals surface area contributed by atoms with E-state index < -0.39 is 18.2 Å². The first-order valence-electron chi connectivity index (χ1n) is 12.4. The Hall–Kier alpha value is -3.10. The number of fused-ring (bicyclic) bond motifs is 2. The highest BCUT2D eigenvalue weighted by molar-refractivity contribution is 7.22. The summed E-state index contributed by atoms with van der Waals surface area (Å²) in [6, 6.07) is 13.4. The Morgan fingerprint density at radius 3 is 2.59 bits per heavy atom. The molecule has 0 radical (unpaired) electrons. The van der Waals surface area contributed by atoms with E-state index in [9.17, 15) is 18.7 Å². The van der Waals surface area contributed by atoms with E-state index in [1.165, 1.54) is 0 Å². The number of nitrogens with zero attached hydrogens (tertiary/aromatic N) is 1. The van der Waals surface area contributed by atoms with E-state index >= 15 is 0 Å². The molecule has 1 N–H and O–H groups in total. The van der Waals surface area contributed by atoms with Crippen LogP contribution in [0.2, 0.25) is 0 Å². The molecular formula is C29H29F2NO4S. The summed E-state index contributed by atoms with van der Waals surface area (Å²) in [7, 11) is 0. The lowest BCUT2D eigenvalue weighted by Gasteiger charge is -2.36. The summed E-state index contributed by atoms with van der Waals surface area (Å²) in [4.78, 5) is 18.3. The Kier molecular flexibility index (Phi) is 6.89. The fourth-order valence-corrected chi connectivity index (χ4v) is 6.43. The van der Waals surface area contributed by atoms with Crippen molar-refractivity contribution in [3.8, 4) is 16.3 Å². The van der Waals surface area contributed by atoms with Gasteiger partial charge in [-0.3, -0.25) is 0 Å². The van der Waals surface area contributed by atoms with Crippen molar-refractivity contribution < 1.29 is 28.2 Å². The number of hydrogen-bond donors (Lipinski definition) is 1. The molecule has 0 atom stereocenters. The number of alkyl halides is 2. The van der Waals surface area contributed by atoms with Gasteiger partial charge in [0.25, 0.3) is 0 Å². The lowest BCUT2D eigenvalue weighted by Crippen LogP contribution is -2.36. The van der Waals surface area contributed by atoms with E-state index in [2.05, 4.69) is 12.1 Å². The maximum atomic E-state index is 12.7. The number of halogens is 2. The van der Waals surface area contributed by atoms with Crippen LogP contribution in [0.4, 0.5) is 8.78 Å². The predicted octanol–water partition coefficient (Wildman–Crippen LogP) is 8.00. The maximum absolute atomic E-state index is 12.7. The normalized spacial score (nSPS) is 20.1. The molecule has 5 rings (SSSR count). The first kappa shape index (κ1) is 25.5. The first-order chi connectivity index (χ1) is 17.6. The van der Waals surface area contributed by atoms with Crippen LogP contribution in [0.15, 0.2) is 42.5 Å². The fourth-order valence-electron chi connectivity index (χ4n) is 5.26. The van der Waals surface area contributed by atoms with Gasteiger partial charge >= 0.3 is 12.6 Å². The lowest BCUT2D eigenvalue weighted by molar-refractivity contribution is -0.214. The molecule has 1 fully saturated rings. The minimum Gasteiger partial charge on any atom is -0.493 e. The van der Waals surface area contributed by atoms with Crippen LogP contribution in [0.1, 0.15) is 54.1 Å². The number of aryl methyl sites for hydroxylation is 2. The SMILES string of the molecule is Cc1c(-c2cc(C(=O)O)c3c(OCC4CCC(C)(OC(F)F)CC4)ccc(C)c3n2)sc2ccccc12. The van der Waals surface area contributed by atoms with Gasteiger partial charge in [-0.15, -0.1) is 11.3 Å². The number of aromatic nitrogens is 1. The molecule has 5 nitrogen and oxygen atoms in total. The second kappa shape index (κ2) is 9.99. The second-order valence-electron chi connectivity index (χ2n) is 10.1. The molecule has 8 heteroatoms. The molecule has 1 aliphatic carbocycles. The number of rotatable bonds is 7. The third-order valence-electron chi connectivity index (χ3n) is 7.44. The van der Waals surface area contributed by atoms with Crippen LogP contribution in [0.3, 0.4) is 0 Å². The largest absolute Gasteiger partial charge is 0.493 e. The van der Waals surface area contributed by atoms with Crippen molar-refractivity contribution in [3.05, 3.63) is 59.2 Å². The van der Waals surface area contributed by atoms with Gasteiger partial charge in [0.1, 0.15) is 5.75 Å². The Labute approximate surface area is 218 Å². The number of carbonyl (C=O) groups is 1. The number of hydrogen-bond acceptors (Lipinski definition) is 5. The predicted molar refractivity (Wildman–Crippen MR) is 142 cm³/mol. The zero-order valence-corrected chi connectivity index (χ0v) is 21.8. The van der Waals surface area contributed by atoms with Gasteiger partial charge in [0.05, 0.1) is 39.2 Å². The molecule has 0 aliphatic heterocycles. The zero-order chi connectivity index (χ0) is 26.3. The summed E-state index contributed by atoms with van der Waals surface area (Å²) in [5.41, 5.74) is 2.51. The van der Waals surface area contributed by atoms with Crippen molar-refractivity contribution in [2.24, 2.45) is 5.92 Å². The molecule has 0 saturated heterocycles. The van der Waals surface area contributed by atoms with E-state index in [4.69, 9.17) is 14.5 Å². The summed E-state index contributed by atoms with van der Waals surface area (Å²) in [6.07, 6.45) is 2.46. The standard InChI is InChI=1S/C29H29F2NO4S/c1-16-8-9-22(35-15-18-10-12-29(3,13-11-18)36-28(30)31)24-20(27(33)34)14-21(32-25(16)24)26-17(2)19-6-4-5-7-23(19)37-26/h4-9,14,18,28H,10-13,15H2,1-3H3,(H,33,34). The number of benzene rings is 2. The average Bonchev–Trinajstić information content (AvgIpc) is 3.20. The molecule has 1 saturated carbocycles. The Morgan fingerprint density at radius 2 is 1.92 bits per heavy atom. The van der Waals surface area contributed by atoms with Crippen molar-refractivity contribution in [1.82, 2.24) is 4.98 Å². The fraction of sp³-hybridized carbons (Fsp3) is 0.379. The summed E-state index contributed by atoms with van der Waals surface area (Å²) in [5, 5.41) is 11.8. The highest BCUT2D eigenvalue weighted by atomic mass is 32.1. The molecule has 0 amide bonds. The summed E-state index contributed by atoms with van der Waals surface area (Å²) >= 11 is 1.60. The van der Waals surface area contributed by atoms with Gasteiger partial charge in [0.2, 0.25) is 0 Å². The van der Waals surface area contributed by atoms with Crippen LogP contribution in [0, 0.1) is 19.8 Å². The minimum atomic E-state index is -2.78. The van der Waals surface area contributed by atoms with Crippen LogP contribution >= 0.6 is 11.3 Å². The third-order valence-corrected chi connectivity index (χ3v) is 8.74. The molecule has 0 bridgehead atoms. The summed E-state index contributed by atoms with van der Waals surface area (Å²) in [6.45, 7) is 3.27. The molecule has 0 spiro atoms. The smallest absolute Gasteiger partial charge is 0.345 e. The Balaban J connectivity index is 1.47. The molecule has 2 heterocycles. The quantitative estimate of drug-likeness (QED) is 0.265. The number of aromatic carboxylic acids is 1. The van der Waals surface area contributed by atoms with Gasteiger partial charge in [-0.05, 0) is 87.1 Å². The monoisotopic (exact) mass is 525 g/mol. The van der Waals surface area contributed by atoms with Crippen molar-refractivity contribution >= 4 is 38.3 Å². The Bertz CT molecular complexity index is 1470. The Morgan fingerprint density at radius 1 is 1.19 bits per heavy atom. The van der Waals surface area contributed by atoms with E-state index in [0.717, 1.165) is 26.1 Å². The van der Waals surface area contributed by atoms with Crippen LogP contribution < -0.4 is 4.74 Å². The molecular weight excluding hydrogens is 496 g/mol. The third kappa shape index (κ3) is 5.05. The van der Waals surface area contributed by atoms with Crippen molar-refractivity contribution in [2.45, 2.75) is 58.7 Å². The van der Waals surface area contributed by atoms with Crippen LogP contribution in [0.5, 0.6) is 5.75 Å².